The highest BCUT2D eigenvalue weighted by atomic mass is 79.9. The molecule has 1 N–H and O–H groups in total. The van der Waals surface area contributed by atoms with Gasteiger partial charge in [0.15, 0.2) is 6.10 Å². The number of rotatable bonds is 5. The van der Waals surface area contributed by atoms with E-state index >= 15 is 0 Å². The Morgan fingerprint density at radius 3 is 2.83 bits per heavy atom. The minimum absolute atomic E-state index is 0.0231. The van der Waals surface area contributed by atoms with E-state index in [1.807, 2.05) is 16.8 Å². The van der Waals surface area contributed by atoms with Gasteiger partial charge in [0.05, 0.1) is 5.69 Å². The zero-order valence-electron chi connectivity index (χ0n) is 12.1. The molecule has 2 rings (SSSR count). The number of thiophene rings is 1. The van der Waals surface area contributed by atoms with E-state index in [-0.39, 0.29) is 5.69 Å². The number of esters is 1. The van der Waals surface area contributed by atoms with Gasteiger partial charge in [0.2, 0.25) is 0 Å². The van der Waals surface area contributed by atoms with Crippen LogP contribution < -0.4 is 5.32 Å². The van der Waals surface area contributed by atoms with Gasteiger partial charge in [0.1, 0.15) is 5.82 Å². The standard InChI is InChI=1S/C16H13BrFNO3S/c1-10(22-15(20)5-2-11-6-7-23-9-11)16(21)19-14-4-3-12(17)8-13(14)18/h2-10H,1H3,(H,19,21)/b5-2+/t10-/m0/s1. The summed E-state index contributed by atoms with van der Waals surface area (Å²) in [5, 5.41) is 6.13. The van der Waals surface area contributed by atoms with Crippen molar-refractivity contribution in [2.75, 3.05) is 5.32 Å². The summed E-state index contributed by atoms with van der Waals surface area (Å²) >= 11 is 4.64. The number of hydrogen-bond acceptors (Lipinski definition) is 4. The SMILES string of the molecule is C[C@H](OC(=O)/C=C/c1ccsc1)C(=O)Nc1ccc(Br)cc1F. The van der Waals surface area contributed by atoms with Crippen LogP contribution in [0.4, 0.5) is 10.1 Å². The zero-order chi connectivity index (χ0) is 16.8. The number of nitrogens with one attached hydrogen (secondary N) is 1. The van der Waals surface area contributed by atoms with Gasteiger partial charge in [-0.25, -0.2) is 9.18 Å². The van der Waals surface area contributed by atoms with Crippen LogP contribution in [0.1, 0.15) is 12.5 Å². The molecule has 0 saturated heterocycles. The second-order valence-corrected chi connectivity index (χ2v) is 6.28. The van der Waals surface area contributed by atoms with Crippen LogP contribution in [0.2, 0.25) is 0 Å². The molecule has 120 valence electrons. The summed E-state index contributed by atoms with van der Waals surface area (Å²) in [5.74, 6) is -1.83. The van der Waals surface area contributed by atoms with Gasteiger partial charge in [-0.2, -0.15) is 11.3 Å². The number of anilines is 1. The molecule has 0 aliphatic heterocycles. The minimum atomic E-state index is -1.04. The number of carbonyl (C=O) groups is 2. The first-order valence-electron chi connectivity index (χ1n) is 6.62. The summed E-state index contributed by atoms with van der Waals surface area (Å²) in [5.41, 5.74) is 0.899. The molecule has 0 aliphatic carbocycles. The highest BCUT2D eigenvalue weighted by molar-refractivity contribution is 9.10. The van der Waals surface area contributed by atoms with Crippen molar-refractivity contribution >= 4 is 50.9 Å². The first-order valence-corrected chi connectivity index (χ1v) is 8.36. The highest BCUT2D eigenvalue weighted by Crippen LogP contribution is 2.19. The van der Waals surface area contributed by atoms with Crippen molar-refractivity contribution in [2.45, 2.75) is 13.0 Å². The van der Waals surface area contributed by atoms with Gasteiger partial charge in [-0.05, 0) is 53.6 Å². The predicted molar refractivity (Wildman–Crippen MR) is 91.6 cm³/mol. The van der Waals surface area contributed by atoms with Crippen molar-refractivity contribution in [1.82, 2.24) is 0 Å². The van der Waals surface area contributed by atoms with E-state index < -0.39 is 23.8 Å². The fraction of sp³-hybridized carbons (Fsp3) is 0.125. The summed E-state index contributed by atoms with van der Waals surface area (Å²) in [6.45, 7) is 1.42. The lowest BCUT2D eigenvalue weighted by Gasteiger charge is -2.12. The van der Waals surface area contributed by atoms with Gasteiger partial charge in [-0.1, -0.05) is 15.9 Å². The summed E-state index contributed by atoms with van der Waals surface area (Å²) in [4.78, 5) is 23.6. The Kier molecular flexibility index (Phi) is 6.06. The van der Waals surface area contributed by atoms with Crippen LogP contribution in [0.3, 0.4) is 0 Å². The lowest BCUT2D eigenvalue weighted by molar-refractivity contribution is -0.148. The summed E-state index contributed by atoms with van der Waals surface area (Å²) in [7, 11) is 0. The molecule has 0 unspecified atom stereocenters. The Balaban J connectivity index is 1.90. The largest absolute Gasteiger partial charge is 0.449 e. The maximum atomic E-state index is 13.7. The Morgan fingerprint density at radius 2 is 2.17 bits per heavy atom. The molecule has 1 aromatic heterocycles. The van der Waals surface area contributed by atoms with Crippen molar-refractivity contribution < 1.29 is 18.7 Å². The van der Waals surface area contributed by atoms with E-state index in [1.165, 1.54) is 36.5 Å². The van der Waals surface area contributed by atoms with Crippen LogP contribution in [0.25, 0.3) is 6.08 Å². The molecule has 7 heteroatoms. The minimum Gasteiger partial charge on any atom is -0.449 e. The zero-order valence-corrected chi connectivity index (χ0v) is 14.5. The Bertz CT molecular complexity index is 731. The number of hydrogen-bond donors (Lipinski definition) is 1. The normalized spacial score (nSPS) is 12.1. The van der Waals surface area contributed by atoms with Crippen molar-refractivity contribution in [3.05, 3.63) is 57.0 Å². The van der Waals surface area contributed by atoms with E-state index in [1.54, 1.807) is 12.1 Å². The molecular weight excluding hydrogens is 385 g/mol. The third-order valence-corrected chi connectivity index (χ3v) is 4.00. The van der Waals surface area contributed by atoms with Gasteiger partial charge < -0.3 is 10.1 Å². The molecule has 0 saturated carbocycles. The quantitative estimate of drug-likeness (QED) is 0.606. The van der Waals surface area contributed by atoms with Gasteiger partial charge in [-0.15, -0.1) is 0 Å². The summed E-state index contributed by atoms with van der Waals surface area (Å²) in [6.07, 6.45) is 1.79. The highest BCUT2D eigenvalue weighted by Gasteiger charge is 2.18. The number of amides is 1. The van der Waals surface area contributed by atoms with Crippen LogP contribution in [0.15, 0.2) is 45.6 Å². The Labute approximate surface area is 145 Å². The molecule has 1 atom stereocenters. The smallest absolute Gasteiger partial charge is 0.331 e. The molecule has 1 amide bonds. The monoisotopic (exact) mass is 397 g/mol. The fourth-order valence-corrected chi connectivity index (χ4v) is 2.59. The van der Waals surface area contributed by atoms with Crippen molar-refractivity contribution in [1.29, 1.82) is 0 Å². The van der Waals surface area contributed by atoms with E-state index in [4.69, 9.17) is 4.74 Å². The summed E-state index contributed by atoms with van der Waals surface area (Å²) in [6, 6.07) is 6.10. The third-order valence-electron chi connectivity index (χ3n) is 2.81. The number of ether oxygens (including phenoxy) is 1. The van der Waals surface area contributed by atoms with Crippen molar-refractivity contribution in [2.24, 2.45) is 0 Å². The second kappa shape index (κ2) is 8.03. The molecule has 1 aromatic carbocycles. The van der Waals surface area contributed by atoms with E-state index in [9.17, 15) is 14.0 Å². The average molecular weight is 398 g/mol. The maximum Gasteiger partial charge on any atom is 0.331 e. The molecule has 0 spiro atoms. The third kappa shape index (κ3) is 5.30. The molecule has 0 fully saturated rings. The molecule has 2 aromatic rings. The van der Waals surface area contributed by atoms with E-state index in [2.05, 4.69) is 21.2 Å². The van der Waals surface area contributed by atoms with E-state index in [0.29, 0.717) is 4.47 Å². The predicted octanol–water partition coefficient (Wildman–Crippen LogP) is 4.23. The molecular formula is C16H13BrFNO3S. The van der Waals surface area contributed by atoms with Crippen LogP contribution >= 0.6 is 27.3 Å². The molecule has 0 aliphatic rings. The lowest BCUT2D eigenvalue weighted by atomic mass is 10.3. The maximum absolute atomic E-state index is 13.7. The Hall–Kier alpha value is -1.99. The second-order valence-electron chi connectivity index (χ2n) is 4.58. The average Bonchev–Trinajstić information content (AvgIpc) is 3.01. The Morgan fingerprint density at radius 1 is 1.39 bits per heavy atom. The molecule has 23 heavy (non-hydrogen) atoms. The first-order chi connectivity index (χ1) is 11.0. The van der Waals surface area contributed by atoms with Gasteiger partial charge in [0.25, 0.3) is 5.91 Å². The molecule has 1 heterocycles. The van der Waals surface area contributed by atoms with Gasteiger partial charge >= 0.3 is 5.97 Å². The number of halogens is 2. The topological polar surface area (TPSA) is 55.4 Å². The molecule has 0 radical (unpaired) electrons. The number of carbonyl (C=O) groups excluding carboxylic acids is 2. The first kappa shape index (κ1) is 17.4. The fourth-order valence-electron chi connectivity index (χ4n) is 1.63. The van der Waals surface area contributed by atoms with Crippen LogP contribution in [-0.2, 0) is 14.3 Å². The van der Waals surface area contributed by atoms with Crippen LogP contribution in [0, 0.1) is 5.82 Å². The summed E-state index contributed by atoms with van der Waals surface area (Å²) < 4.78 is 19.2. The molecule has 0 bridgehead atoms. The lowest BCUT2D eigenvalue weighted by Crippen LogP contribution is -2.29. The van der Waals surface area contributed by atoms with Crippen LogP contribution in [0.5, 0.6) is 0 Å². The van der Waals surface area contributed by atoms with Crippen molar-refractivity contribution in [3.8, 4) is 0 Å². The van der Waals surface area contributed by atoms with Gasteiger partial charge in [0, 0.05) is 10.5 Å². The van der Waals surface area contributed by atoms with Crippen LogP contribution in [-0.4, -0.2) is 18.0 Å². The molecule has 4 nitrogen and oxygen atoms in total. The van der Waals surface area contributed by atoms with E-state index in [0.717, 1.165) is 5.56 Å². The van der Waals surface area contributed by atoms with Gasteiger partial charge in [-0.3, -0.25) is 4.79 Å². The van der Waals surface area contributed by atoms with Crippen molar-refractivity contribution in [3.63, 3.8) is 0 Å². The number of benzene rings is 1.